The molecule has 0 saturated heterocycles. The van der Waals surface area contributed by atoms with Gasteiger partial charge >= 0.3 is 0 Å². The highest BCUT2D eigenvalue weighted by Crippen LogP contribution is 2.23. The molecule has 84 valence electrons. The van der Waals surface area contributed by atoms with Crippen LogP contribution >= 0.6 is 27.5 Å². The van der Waals surface area contributed by atoms with Gasteiger partial charge in [-0.1, -0.05) is 40.5 Å². The fraction of sp³-hybridized carbons (Fsp3) is 0.500. The van der Waals surface area contributed by atoms with Gasteiger partial charge in [-0.25, -0.2) is 0 Å². The van der Waals surface area contributed by atoms with Crippen molar-refractivity contribution >= 4 is 27.5 Å². The van der Waals surface area contributed by atoms with Crippen molar-refractivity contribution in [3.8, 4) is 5.75 Å². The Hall–Kier alpha value is -0.210. The van der Waals surface area contributed by atoms with Crippen LogP contribution in [0.3, 0.4) is 0 Å². The zero-order valence-electron chi connectivity index (χ0n) is 9.09. The summed E-state index contributed by atoms with van der Waals surface area (Å²) in [5, 5.41) is 1.70. The maximum absolute atomic E-state index is 5.91. The number of ether oxygens (including phenoxy) is 1. The molecule has 0 fully saturated rings. The van der Waals surface area contributed by atoms with E-state index in [1.165, 1.54) is 0 Å². The minimum atomic E-state index is 0.559. The Balaban J connectivity index is 2.60. The summed E-state index contributed by atoms with van der Waals surface area (Å²) in [4.78, 5) is 0. The predicted octanol–water partition coefficient (Wildman–Crippen LogP) is 4.45. The van der Waals surface area contributed by atoms with E-state index < -0.39 is 0 Å². The lowest BCUT2D eigenvalue weighted by molar-refractivity contribution is 0.258. The van der Waals surface area contributed by atoms with Crippen LogP contribution in [0.1, 0.15) is 18.9 Å². The molecule has 0 aliphatic carbocycles. The normalized spacial score (nSPS) is 12.5. The van der Waals surface area contributed by atoms with Crippen molar-refractivity contribution in [1.82, 2.24) is 0 Å². The van der Waals surface area contributed by atoms with Crippen molar-refractivity contribution in [2.45, 2.75) is 20.3 Å². The molecule has 0 N–H and O–H groups in total. The highest BCUT2D eigenvalue weighted by molar-refractivity contribution is 9.09. The average Bonchev–Trinajstić information content (AvgIpc) is 2.24. The van der Waals surface area contributed by atoms with E-state index in [1.807, 2.05) is 25.1 Å². The van der Waals surface area contributed by atoms with Crippen molar-refractivity contribution < 1.29 is 4.74 Å². The Morgan fingerprint density at radius 3 is 2.80 bits per heavy atom. The smallest absolute Gasteiger partial charge is 0.123 e. The number of benzene rings is 1. The van der Waals surface area contributed by atoms with Crippen molar-refractivity contribution in [3.63, 3.8) is 0 Å². The Morgan fingerprint density at radius 1 is 1.47 bits per heavy atom. The minimum absolute atomic E-state index is 0.559. The van der Waals surface area contributed by atoms with Crippen molar-refractivity contribution in [2.24, 2.45) is 5.92 Å². The molecule has 0 aliphatic heterocycles. The molecule has 1 atom stereocenters. The third-order valence-corrected chi connectivity index (χ3v) is 3.57. The largest absolute Gasteiger partial charge is 0.493 e. The third-order valence-electron chi connectivity index (χ3n) is 2.42. The van der Waals surface area contributed by atoms with Crippen LogP contribution in [0.4, 0.5) is 0 Å². The molecule has 1 unspecified atom stereocenters. The zero-order valence-corrected chi connectivity index (χ0v) is 11.4. The Bertz CT molecular complexity index is 310. The molecule has 3 heteroatoms. The second kappa shape index (κ2) is 6.39. The summed E-state index contributed by atoms with van der Waals surface area (Å²) in [6.45, 7) is 4.93. The summed E-state index contributed by atoms with van der Waals surface area (Å²) in [5.74, 6) is 1.45. The molecule has 0 spiro atoms. The second-order valence-electron chi connectivity index (χ2n) is 3.65. The fourth-order valence-corrected chi connectivity index (χ4v) is 2.02. The van der Waals surface area contributed by atoms with Gasteiger partial charge in [0, 0.05) is 16.3 Å². The summed E-state index contributed by atoms with van der Waals surface area (Å²) < 4.78 is 5.75. The lowest BCUT2D eigenvalue weighted by Crippen LogP contribution is -2.12. The summed E-state index contributed by atoms with van der Waals surface area (Å²) >= 11 is 9.39. The van der Waals surface area contributed by atoms with Crippen molar-refractivity contribution in [3.05, 3.63) is 28.8 Å². The van der Waals surface area contributed by atoms with E-state index in [4.69, 9.17) is 16.3 Å². The van der Waals surface area contributed by atoms with Crippen LogP contribution in [0.15, 0.2) is 18.2 Å². The van der Waals surface area contributed by atoms with Gasteiger partial charge in [-0.2, -0.15) is 0 Å². The number of hydrogen-bond donors (Lipinski definition) is 0. The van der Waals surface area contributed by atoms with Crippen molar-refractivity contribution in [1.29, 1.82) is 0 Å². The van der Waals surface area contributed by atoms with E-state index in [1.54, 1.807) is 0 Å². The van der Waals surface area contributed by atoms with Gasteiger partial charge in [-0.3, -0.25) is 0 Å². The number of aryl methyl sites for hydroxylation is 1. The maximum atomic E-state index is 5.91. The molecule has 15 heavy (non-hydrogen) atoms. The van der Waals surface area contributed by atoms with E-state index in [2.05, 4.69) is 22.9 Å². The summed E-state index contributed by atoms with van der Waals surface area (Å²) in [5.41, 5.74) is 1.13. The van der Waals surface area contributed by atoms with Gasteiger partial charge in [0.1, 0.15) is 5.75 Å². The van der Waals surface area contributed by atoms with Crippen molar-refractivity contribution in [2.75, 3.05) is 11.9 Å². The molecule has 0 amide bonds. The van der Waals surface area contributed by atoms with Gasteiger partial charge in [-0.05, 0) is 31.0 Å². The lowest BCUT2D eigenvalue weighted by atomic mass is 10.1. The quantitative estimate of drug-likeness (QED) is 0.728. The molecule has 1 aromatic carbocycles. The van der Waals surface area contributed by atoms with Crippen LogP contribution in [-0.4, -0.2) is 11.9 Å². The molecule has 1 rings (SSSR count). The van der Waals surface area contributed by atoms with Gasteiger partial charge in [0.2, 0.25) is 0 Å². The first kappa shape index (κ1) is 12.9. The lowest BCUT2D eigenvalue weighted by Gasteiger charge is -2.14. The van der Waals surface area contributed by atoms with E-state index in [0.717, 1.165) is 34.7 Å². The standard InChI is InChI=1S/C12H16BrClO/c1-3-10(7-13)8-15-12-6-11(14)5-4-9(12)2/h4-6,10H,3,7-8H2,1-2H3. The van der Waals surface area contributed by atoms with E-state index >= 15 is 0 Å². The number of alkyl halides is 1. The first-order valence-corrected chi connectivity index (χ1v) is 6.62. The first-order valence-electron chi connectivity index (χ1n) is 5.12. The predicted molar refractivity (Wildman–Crippen MR) is 69.3 cm³/mol. The molecule has 1 nitrogen and oxygen atoms in total. The Morgan fingerprint density at radius 2 is 2.20 bits per heavy atom. The molecule has 0 saturated carbocycles. The topological polar surface area (TPSA) is 9.23 Å². The highest BCUT2D eigenvalue weighted by Gasteiger charge is 2.07. The Labute approximate surface area is 105 Å². The molecular weight excluding hydrogens is 275 g/mol. The van der Waals surface area contributed by atoms with E-state index in [9.17, 15) is 0 Å². The number of halogens is 2. The van der Waals surface area contributed by atoms with Crippen LogP contribution in [-0.2, 0) is 0 Å². The summed E-state index contributed by atoms with van der Waals surface area (Å²) in [6.07, 6.45) is 1.12. The second-order valence-corrected chi connectivity index (χ2v) is 4.73. The van der Waals surface area contributed by atoms with Crippen LogP contribution in [0.25, 0.3) is 0 Å². The minimum Gasteiger partial charge on any atom is -0.493 e. The van der Waals surface area contributed by atoms with Crippen LogP contribution in [0, 0.1) is 12.8 Å². The molecule has 0 aromatic heterocycles. The number of hydrogen-bond acceptors (Lipinski definition) is 1. The Kier molecular flexibility index (Phi) is 5.48. The molecule has 0 heterocycles. The van der Waals surface area contributed by atoms with Gasteiger partial charge in [0.15, 0.2) is 0 Å². The maximum Gasteiger partial charge on any atom is 0.123 e. The van der Waals surface area contributed by atoms with Gasteiger partial charge < -0.3 is 4.74 Å². The van der Waals surface area contributed by atoms with Gasteiger partial charge in [-0.15, -0.1) is 0 Å². The van der Waals surface area contributed by atoms with Gasteiger partial charge in [0.05, 0.1) is 6.61 Å². The molecular formula is C12H16BrClO. The molecule has 0 bridgehead atoms. The van der Waals surface area contributed by atoms with E-state index in [-0.39, 0.29) is 0 Å². The SMILES string of the molecule is CCC(CBr)COc1cc(Cl)ccc1C. The average molecular weight is 292 g/mol. The first-order chi connectivity index (χ1) is 7.17. The summed E-state index contributed by atoms with van der Waals surface area (Å²) in [6, 6.07) is 5.73. The molecule has 0 radical (unpaired) electrons. The fourth-order valence-electron chi connectivity index (χ4n) is 1.21. The third kappa shape index (κ3) is 4.04. The molecule has 0 aliphatic rings. The number of rotatable bonds is 5. The van der Waals surface area contributed by atoms with Crippen LogP contribution in [0.2, 0.25) is 5.02 Å². The molecule has 1 aromatic rings. The highest BCUT2D eigenvalue weighted by atomic mass is 79.9. The van der Waals surface area contributed by atoms with Crippen LogP contribution in [0.5, 0.6) is 5.75 Å². The zero-order chi connectivity index (χ0) is 11.3. The van der Waals surface area contributed by atoms with Gasteiger partial charge in [0.25, 0.3) is 0 Å². The van der Waals surface area contributed by atoms with Crippen LogP contribution < -0.4 is 4.74 Å². The monoisotopic (exact) mass is 290 g/mol. The van der Waals surface area contributed by atoms with E-state index in [0.29, 0.717) is 5.92 Å². The summed E-state index contributed by atoms with van der Waals surface area (Å²) in [7, 11) is 0.